The molecule has 0 saturated carbocycles. The van der Waals surface area contributed by atoms with Crippen molar-refractivity contribution >= 4 is 29.3 Å². The standard InChI is InChI=1S/C18H17BN6O2/c1-12-17(20-10-13-5-4-7-15(9-13)19(26)27)22-18(24-23-12)25-16-8-3-2-6-14(16)11-21-25/h2-9,11,26-27H,10H2,1H3,(H,20,22,24). The third-order valence-corrected chi connectivity index (χ3v) is 4.22. The Morgan fingerprint density at radius 1 is 1.07 bits per heavy atom. The van der Waals surface area contributed by atoms with E-state index in [0.29, 0.717) is 29.5 Å². The molecule has 0 spiro atoms. The third-order valence-electron chi connectivity index (χ3n) is 4.22. The van der Waals surface area contributed by atoms with Gasteiger partial charge in [0.25, 0.3) is 5.95 Å². The summed E-state index contributed by atoms with van der Waals surface area (Å²) >= 11 is 0. The van der Waals surface area contributed by atoms with Crippen LogP contribution in [0.5, 0.6) is 0 Å². The van der Waals surface area contributed by atoms with E-state index in [2.05, 4.69) is 25.6 Å². The van der Waals surface area contributed by atoms with Gasteiger partial charge in [0.15, 0.2) is 5.82 Å². The van der Waals surface area contributed by atoms with Crippen LogP contribution < -0.4 is 10.8 Å². The smallest absolute Gasteiger partial charge is 0.423 e. The molecule has 2 aromatic carbocycles. The van der Waals surface area contributed by atoms with Crippen LogP contribution in [0.2, 0.25) is 0 Å². The zero-order valence-electron chi connectivity index (χ0n) is 14.6. The van der Waals surface area contributed by atoms with Crippen molar-refractivity contribution in [3.63, 3.8) is 0 Å². The molecule has 0 fully saturated rings. The van der Waals surface area contributed by atoms with Gasteiger partial charge in [0.1, 0.15) is 5.69 Å². The van der Waals surface area contributed by atoms with Crippen molar-refractivity contribution in [3.8, 4) is 5.95 Å². The molecule has 4 aromatic rings. The summed E-state index contributed by atoms with van der Waals surface area (Å²) in [5.74, 6) is 0.971. The van der Waals surface area contributed by atoms with E-state index in [1.54, 1.807) is 29.1 Å². The summed E-state index contributed by atoms with van der Waals surface area (Å²) in [4.78, 5) is 4.55. The zero-order valence-corrected chi connectivity index (χ0v) is 14.6. The number of rotatable bonds is 5. The molecule has 0 atom stereocenters. The van der Waals surface area contributed by atoms with E-state index in [-0.39, 0.29) is 0 Å². The highest BCUT2D eigenvalue weighted by atomic mass is 16.4. The number of benzene rings is 2. The van der Waals surface area contributed by atoms with Gasteiger partial charge in [-0.25, -0.2) is 0 Å². The Balaban J connectivity index is 1.61. The molecular weight excluding hydrogens is 343 g/mol. The average molecular weight is 360 g/mol. The number of nitrogens with zero attached hydrogens (tertiary/aromatic N) is 5. The van der Waals surface area contributed by atoms with Crippen LogP contribution in [0.4, 0.5) is 5.82 Å². The molecule has 0 unspecified atom stereocenters. The van der Waals surface area contributed by atoms with Crippen LogP contribution in [-0.4, -0.2) is 42.1 Å². The summed E-state index contributed by atoms with van der Waals surface area (Å²) in [6.45, 7) is 2.28. The summed E-state index contributed by atoms with van der Waals surface area (Å²) in [6, 6.07) is 14.9. The third kappa shape index (κ3) is 3.50. The Morgan fingerprint density at radius 2 is 1.93 bits per heavy atom. The number of fused-ring (bicyclic) bond motifs is 1. The van der Waals surface area contributed by atoms with Gasteiger partial charge in [-0.1, -0.05) is 42.5 Å². The van der Waals surface area contributed by atoms with Crippen molar-refractivity contribution in [2.45, 2.75) is 13.5 Å². The van der Waals surface area contributed by atoms with Crippen LogP contribution in [-0.2, 0) is 6.54 Å². The van der Waals surface area contributed by atoms with Gasteiger partial charge in [0, 0.05) is 11.9 Å². The number of aryl methyl sites for hydroxylation is 1. The summed E-state index contributed by atoms with van der Waals surface area (Å²) in [7, 11) is -1.49. The summed E-state index contributed by atoms with van der Waals surface area (Å²) in [5.41, 5.74) is 2.90. The van der Waals surface area contributed by atoms with E-state index in [1.165, 1.54) is 0 Å². The normalized spacial score (nSPS) is 10.9. The number of hydrogen-bond donors (Lipinski definition) is 3. The number of hydrogen-bond acceptors (Lipinski definition) is 7. The monoisotopic (exact) mass is 360 g/mol. The van der Waals surface area contributed by atoms with E-state index in [9.17, 15) is 10.0 Å². The molecule has 0 saturated heterocycles. The molecule has 0 aliphatic carbocycles. The summed E-state index contributed by atoms with van der Waals surface area (Å²) < 4.78 is 1.65. The fraction of sp³-hybridized carbons (Fsp3) is 0.111. The molecule has 2 aromatic heterocycles. The maximum Gasteiger partial charge on any atom is 0.488 e. The molecule has 9 heteroatoms. The van der Waals surface area contributed by atoms with Gasteiger partial charge in [-0.2, -0.15) is 14.8 Å². The van der Waals surface area contributed by atoms with Gasteiger partial charge in [0.2, 0.25) is 0 Å². The van der Waals surface area contributed by atoms with Crippen molar-refractivity contribution in [1.82, 2.24) is 25.0 Å². The number of anilines is 1. The summed E-state index contributed by atoms with van der Waals surface area (Å²) in [6.07, 6.45) is 1.76. The van der Waals surface area contributed by atoms with Crippen LogP contribution in [0.15, 0.2) is 54.7 Å². The van der Waals surface area contributed by atoms with Crippen LogP contribution in [0.3, 0.4) is 0 Å². The molecule has 8 nitrogen and oxygen atoms in total. The van der Waals surface area contributed by atoms with Crippen molar-refractivity contribution in [2.24, 2.45) is 0 Å². The molecule has 0 aliphatic heterocycles. The molecule has 0 bridgehead atoms. The molecule has 0 amide bonds. The highest BCUT2D eigenvalue weighted by molar-refractivity contribution is 6.58. The fourth-order valence-electron chi connectivity index (χ4n) is 2.81. The van der Waals surface area contributed by atoms with Gasteiger partial charge in [-0.15, -0.1) is 10.2 Å². The van der Waals surface area contributed by atoms with Crippen molar-refractivity contribution < 1.29 is 10.0 Å². The minimum Gasteiger partial charge on any atom is -0.423 e. The molecule has 2 heterocycles. The molecule has 4 rings (SSSR count). The Kier molecular flexibility index (Phi) is 4.53. The average Bonchev–Trinajstić information content (AvgIpc) is 3.12. The van der Waals surface area contributed by atoms with Gasteiger partial charge in [0.05, 0.1) is 11.7 Å². The maximum absolute atomic E-state index is 9.30. The second-order valence-corrected chi connectivity index (χ2v) is 6.13. The van der Waals surface area contributed by atoms with E-state index < -0.39 is 7.12 Å². The highest BCUT2D eigenvalue weighted by Gasteiger charge is 2.13. The zero-order chi connectivity index (χ0) is 18.8. The van der Waals surface area contributed by atoms with Crippen LogP contribution in [0.25, 0.3) is 16.9 Å². The Hall–Kier alpha value is -3.30. The van der Waals surface area contributed by atoms with E-state index in [0.717, 1.165) is 16.5 Å². The lowest BCUT2D eigenvalue weighted by molar-refractivity contribution is 0.425. The molecule has 3 N–H and O–H groups in total. The number of para-hydroxylation sites is 1. The topological polar surface area (TPSA) is 109 Å². The van der Waals surface area contributed by atoms with E-state index in [4.69, 9.17) is 0 Å². The Bertz CT molecular complexity index is 1100. The fourth-order valence-corrected chi connectivity index (χ4v) is 2.81. The largest absolute Gasteiger partial charge is 0.488 e. The highest BCUT2D eigenvalue weighted by Crippen LogP contribution is 2.17. The van der Waals surface area contributed by atoms with Crippen molar-refractivity contribution in [2.75, 3.05) is 5.32 Å². The van der Waals surface area contributed by atoms with Gasteiger partial charge >= 0.3 is 7.12 Å². The minimum atomic E-state index is -1.49. The van der Waals surface area contributed by atoms with Crippen LogP contribution >= 0.6 is 0 Å². The second-order valence-electron chi connectivity index (χ2n) is 6.13. The van der Waals surface area contributed by atoms with Crippen LogP contribution in [0, 0.1) is 6.92 Å². The lowest BCUT2D eigenvalue weighted by Gasteiger charge is -2.10. The Morgan fingerprint density at radius 3 is 2.78 bits per heavy atom. The first kappa shape index (κ1) is 17.1. The van der Waals surface area contributed by atoms with Crippen LogP contribution in [0.1, 0.15) is 11.3 Å². The van der Waals surface area contributed by atoms with Crippen molar-refractivity contribution in [1.29, 1.82) is 0 Å². The number of aromatic nitrogens is 5. The predicted octanol–water partition coefficient (Wildman–Crippen LogP) is 0.811. The minimum absolute atomic E-state index is 0.379. The quantitative estimate of drug-likeness (QED) is 0.452. The number of nitrogens with one attached hydrogen (secondary N) is 1. The van der Waals surface area contributed by atoms with Gasteiger partial charge in [-0.3, -0.25) is 0 Å². The van der Waals surface area contributed by atoms with Gasteiger partial charge < -0.3 is 15.4 Å². The van der Waals surface area contributed by atoms with E-state index >= 15 is 0 Å². The molecule has 134 valence electrons. The first-order chi connectivity index (χ1) is 13.1. The SMILES string of the molecule is Cc1nnc(-n2ncc3ccccc32)nc1NCc1cccc(B(O)O)c1. The predicted molar refractivity (Wildman–Crippen MR) is 103 cm³/mol. The lowest BCUT2D eigenvalue weighted by Crippen LogP contribution is -2.30. The lowest BCUT2D eigenvalue weighted by atomic mass is 9.80. The first-order valence-electron chi connectivity index (χ1n) is 8.45. The van der Waals surface area contributed by atoms with E-state index in [1.807, 2.05) is 37.3 Å². The molecular formula is C18H17BN6O2. The maximum atomic E-state index is 9.30. The Labute approximate surface area is 155 Å². The first-order valence-corrected chi connectivity index (χ1v) is 8.45. The molecule has 0 aliphatic rings. The van der Waals surface area contributed by atoms with Crippen molar-refractivity contribution in [3.05, 3.63) is 66.0 Å². The van der Waals surface area contributed by atoms with Gasteiger partial charge in [-0.05, 0) is 24.0 Å². The molecule has 27 heavy (non-hydrogen) atoms. The molecule has 0 radical (unpaired) electrons. The summed E-state index contributed by atoms with van der Waals surface area (Å²) in [5, 5.41) is 35.5. The second kappa shape index (κ2) is 7.14.